The van der Waals surface area contributed by atoms with Crippen molar-refractivity contribution < 1.29 is 9.59 Å². The molecule has 1 aliphatic heterocycles. The zero-order chi connectivity index (χ0) is 23.2. The molecular weight excluding hydrogens is 418 g/mol. The Hall–Kier alpha value is -3.39. The first-order chi connectivity index (χ1) is 16.0. The largest absolute Gasteiger partial charge is 0.353 e. The Labute approximate surface area is 193 Å². The molecule has 2 amide bonds. The maximum absolute atomic E-state index is 12.7. The summed E-state index contributed by atoms with van der Waals surface area (Å²) in [5, 5.41) is 6.01. The van der Waals surface area contributed by atoms with Gasteiger partial charge in [0.15, 0.2) is 0 Å². The Morgan fingerprint density at radius 3 is 2.21 bits per heavy atom. The lowest BCUT2D eigenvalue weighted by Crippen LogP contribution is -2.46. The van der Waals surface area contributed by atoms with E-state index in [4.69, 9.17) is 0 Å². The van der Waals surface area contributed by atoms with Crippen molar-refractivity contribution in [3.8, 4) is 0 Å². The second-order valence-electron chi connectivity index (χ2n) is 8.45. The van der Waals surface area contributed by atoms with Crippen LogP contribution in [0.4, 0.5) is 5.69 Å². The molecule has 1 aliphatic rings. The standard InChI is InChI=1S/C25H31N5O3/c1-2-29-21-10-6-7-11-22(21)30(25(29)33)17-14-23(31)26-20-12-15-28(16-13-20)18-24(32)27-19-8-4-3-5-9-19/h3-11,20H,2,12-18H2,1H3,(H,26,31)(H,27,32). The number of imidazole rings is 1. The summed E-state index contributed by atoms with van der Waals surface area (Å²) >= 11 is 0. The number of nitrogens with one attached hydrogen (secondary N) is 2. The summed E-state index contributed by atoms with van der Waals surface area (Å²) in [4.78, 5) is 39.6. The van der Waals surface area contributed by atoms with Crippen molar-refractivity contribution in [1.29, 1.82) is 0 Å². The molecule has 2 aromatic carbocycles. The summed E-state index contributed by atoms with van der Waals surface area (Å²) < 4.78 is 3.42. The molecule has 1 aromatic heterocycles. The smallest absolute Gasteiger partial charge is 0.329 e. The maximum Gasteiger partial charge on any atom is 0.329 e. The molecule has 0 aliphatic carbocycles. The van der Waals surface area contributed by atoms with Crippen molar-refractivity contribution in [3.05, 3.63) is 65.1 Å². The number of aryl methyl sites for hydroxylation is 2. The minimum absolute atomic E-state index is 0.0274. The van der Waals surface area contributed by atoms with Gasteiger partial charge in [0.25, 0.3) is 0 Å². The third-order valence-corrected chi connectivity index (χ3v) is 6.18. The number of piperidine rings is 1. The van der Waals surface area contributed by atoms with E-state index in [1.807, 2.05) is 61.5 Å². The van der Waals surface area contributed by atoms with Gasteiger partial charge in [-0.25, -0.2) is 4.79 Å². The lowest BCUT2D eigenvalue weighted by atomic mass is 10.0. The predicted molar refractivity (Wildman–Crippen MR) is 129 cm³/mol. The van der Waals surface area contributed by atoms with E-state index >= 15 is 0 Å². The minimum Gasteiger partial charge on any atom is -0.353 e. The minimum atomic E-state index is -0.0754. The van der Waals surface area contributed by atoms with Crippen molar-refractivity contribution >= 4 is 28.5 Å². The van der Waals surface area contributed by atoms with Gasteiger partial charge in [0, 0.05) is 44.3 Å². The average molecular weight is 450 g/mol. The topological polar surface area (TPSA) is 88.4 Å². The Morgan fingerprint density at radius 2 is 1.55 bits per heavy atom. The van der Waals surface area contributed by atoms with Gasteiger partial charge in [0.05, 0.1) is 17.6 Å². The maximum atomic E-state index is 12.7. The van der Waals surface area contributed by atoms with Crippen LogP contribution in [0.3, 0.4) is 0 Å². The molecule has 1 fully saturated rings. The van der Waals surface area contributed by atoms with Crippen LogP contribution in [0.15, 0.2) is 59.4 Å². The molecule has 4 rings (SSSR count). The van der Waals surface area contributed by atoms with Crippen molar-refractivity contribution in [1.82, 2.24) is 19.4 Å². The van der Waals surface area contributed by atoms with E-state index in [0.717, 1.165) is 42.7 Å². The monoisotopic (exact) mass is 449 g/mol. The molecule has 1 saturated heterocycles. The fourth-order valence-electron chi connectivity index (χ4n) is 4.47. The molecule has 8 nitrogen and oxygen atoms in total. The molecule has 2 N–H and O–H groups in total. The van der Waals surface area contributed by atoms with Crippen LogP contribution in [0.1, 0.15) is 26.2 Å². The van der Waals surface area contributed by atoms with Crippen LogP contribution in [0.25, 0.3) is 11.0 Å². The summed E-state index contributed by atoms with van der Waals surface area (Å²) in [6.45, 7) is 4.77. The highest BCUT2D eigenvalue weighted by Gasteiger charge is 2.22. The molecule has 0 radical (unpaired) electrons. The first-order valence-electron chi connectivity index (χ1n) is 11.6. The van der Waals surface area contributed by atoms with E-state index in [0.29, 0.717) is 19.6 Å². The highest BCUT2D eigenvalue weighted by Crippen LogP contribution is 2.14. The van der Waals surface area contributed by atoms with Gasteiger partial charge < -0.3 is 10.6 Å². The van der Waals surface area contributed by atoms with Crippen LogP contribution in [0, 0.1) is 0 Å². The number of carbonyl (C=O) groups is 2. The number of carbonyl (C=O) groups excluding carboxylic acids is 2. The zero-order valence-corrected chi connectivity index (χ0v) is 19.0. The molecule has 0 saturated carbocycles. The number of hydrogen-bond donors (Lipinski definition) is 2. The van der Waals surface area contributed by atoms with Gasteiger partial charge >= 0.3 is 5.69 Å². The molecule has 2 heterocycles. The molecule has 174 valence electrons. The van der Waals surface area contributed by atoms with Crippen LogP contribution < -0.4 is 16.3 Å². The lowest BCUT2D eigenvalue weighted by Gasteiger charge is -2.31. The summed E-state index contributed by atoms with van der Waals surface area (Å²) in [5.74, 6) is -0.0733. The molecular formula is C25H31N5O3. The van der Waals surface area contributed by atoms with Crippen LogP contribution in [-0.4, -0.2) is 51.5 Å². The number of anilines is 1. The average Bonchev–Trinajstić information content (AvgIpc) is 3.10. The summed E-state index contributed by atoms with van der Waals surface area (Å²) in [5.41, 5.74) is 2.48. The molecule has 33 heavy (non-hydrogen) atoms. The third kappa shape index (κ3) is 5.51. The van der Waals surface area contributed by atoms with Gasteiger partial charge in [-0.1, -0.05) is 30.3 Å². The molecule has 0 unspecified atom stereocenters. The Balaban J connectivity index is 1.23. The van der Waals surface area contributed by atoms with Gasteiger partial charge in [-0.15, -0.1) is 0 Å². The number of amides is 2. The van der Waals surface area contributed by atoms with Crippen LogP contribution in [0.2, 0.25) is 0 Å². The van der Waals surface area contributed by atoms with Gasteiger partial charge in [-0.2, -0.15) is 0 Å². The SMILES string of the molecule is CCn1c(=O)n(CCC(=O)NC2CCN(CC(=O)Nc3ccccc3)CC2)c2ccccc21. The summed E-state index contributed by atoms with van der Waals surface area (Å²) in [7, 11) is 0. The number of fused-ring (bicyclic) bond motifs is 1. The molecule has 0 spiro atoms. The molecule has 0 bridgehead atoms. The zero-order valence-electron chi connectivity index (χ0n) is 19.0. The number of likely N-dealkylation sites (tertiary alicyclic amines) is 1. The predicted octanol–water partition coefficient (Wildman–Crippen LogP) is 2.43. The van der Waals surface area contributed by atoms with Crippen LogP contribution in [0.5, 0.6) is 0 Å². The second kappa shape index (κ2) is 10.5. The third-order valence-electron chi connectivity index (χ3n) is 6.18. The van der Waals surface area contributed by atoms with E-state index in [-0.39, 0.29) is 30.0 Å². The van der Waals surface area contributed by atoms with Gasteiger partial charge in [0.2, 0.25) is 11.8 Å². The molecule has 8 heteroatoms. The van der Waals surface area contributed by atoms with Crippen molar-refractivity contribution in [2.24, 2.45) is 0 Å². The first-order valence-corrected chi connectivity index (χ1v) is 11.6. The van der Waals surface area contributed by atoms with E-state index in [1.165, 1.54) is 0 Å². The number of para-hydroxylation sites is 3. The Kier molecular flexibility index (Phi) is 7.24. The van der Waals surface area contributed by atoms with E-state index in [2.05, 4.69) is 15.5 Å². The van der Waals surface area contributed by atoms with Crippen molar-refractivity contribution in [2.45, 2.75) is 45.3 Å². The number of aromatic nitrogens is 2. The van der Waals surface area contributed by atoms with Crippen LogP contribution >= 0.6 is 0 Å². The quantitative estimate of drug-likeness (QED) is 0.553. The van der Waals surface area contributed by atoms with Crippen LogP contribution in [-0.2, 0) is 22.7 Å². The second-order valence-corrected chi connectivity index (χ2v) is 8.45. The Morgan fingerprint density at radius 1 is 0.909 bits per heavy atom. The number of hydrogen-bond acceptors (Lipinski definition) is 4. The Bertz CT molecular complexity index is 1160. The van der Waals surface area contributed by atoms with Crippen molar-refractivity contribution in [2.75, 3.05) is 25.0 Å². The number of benzene rings is 2. The first kappa shape index (κ1) is 22.8. The normalized spacial score (nSPS) is 14.9. The number of rotatable bonds is 8. The van der Waals surface area contributed by atoms with Gasteiger partial charge in [0.1, 0.15) is 0 Å². The highest BCUT2D eigenvalue weighted by molar-refractivity contribution is 5.92. The number of nitrogens with zero attached hydrogens (tertiary/aromatic N) is 3. The fourth-order valence-corrected chi connectivity index (χ4v) is 4.47. The molecule has 3 aromatic rings. The van der Waals surface area contributed by atoms with Gasteiger partial charge in [-0.3, -0.25) is 23.6 Å². The van der Waals surface area contributed by atoms with E-state index < -0.39 is 0 Å². The summed E-state index contributed by atoms with van der Waals surface area (Å²) in [6, 6.07) is 17.2. The van der Waals surface area contributed by atoms with E-state index in [1.54, 1.807) is 9.13 Å². The molecule has 0 atom stereocenters. The van der Waals surface area contributed by atoms with E-state index in [9.17, 15) is 14.4 Å². The lowest BCUT2D eigenvalue weighted by molar-refractivity contribution is -0.123. The highest BCUT2D eigenvalue weighted by atomic mass is 16.2. The van der Waals surface area contributed by atoms with Gasteiger partial charge in [-0.05, 0) is 44.0 Å². The summed E-state index contributed by atoms with van der Waals surface area (Å²) in [6.07, 6.45) is 1.87. The van der Waals surface area contributed by atoms with Crippen molar-refractivity contribution in [3.63, 3.8) is 0 Å². The fraction of sp³-hybridized carbons (Fsp3) is 0.400.